The molecule has 2 aromatic rings. The van der Waals surface area contributed by atoms with E-state index in [4.69, 9.17) is 23.2 Å². The highest BCUT2D eigenvalue weighted by Gasteiger charge is 2.26. The van der Waals surface area contributed by atoms with E-state index in [0.29, 0.717) is 5.15 Å². The van der Waals surface area contributed by atoms with E-state index in [1.807, 2.05) is 37.3 Å². The standard InChI is InChI=1S/C19H22Cl2N4O/c1-13(12-14-2-4-16(20)5-3-14)22-19(26)15-8-10-25(11-9-15)18-7-6-17(21)23-24-18/h2-7,13,15H,8-12H2,1H3,(H,22,26)/t13-/m0/s1. The van der Waals surface area contributed by atoms with Crippen molar-refractivity contribution in [2.24, 2.45) is 5.92 Å². The molecule has 138 valence electrons. The van der Waals surface area contributed by atoms with Crippen molar-refractivity contribution in [1.29, 1.82) is 0 Å². The van der Waals surface area contributed by atoms with Crippen LogP contribution in [0, 0.1) is 5.92 Å². The molecule has 1 fully saturated rings. The normalized spacial score (nSPS) is 16.3. The molecule has 1 atom stereocenters. The summed E-state index contributed by atoms with van der Waals surface area (Å²) in [4.78, 5) is 14.7. The lowest BCUT2D eigenvalue weighted by atomic mass is 9.95. The Bertz CT molecular complexity index is 728. The van der Waals surface area contributed by atoms with Gasteiger partial charge in [0.15, 0.2) is 11.0 Å². The van der Waals surface area contributed by atoms with Gasteiger partial charge in [-0.3, -0.25) is 4.79 Å². The first-order valence-corrected chi connectivity index (χ1v) is 9.56. The van der Waals surface area contributed by atoms with E-state index in [-0.39, 0.29) is 17.9 Å². The second-order valence-electron chi connectivity index (χ2n) is 6.72. The summed E-state index contributed by atoms with van der Waals surface area (Å²) < 4.78 is 0. The van der Waals surface area contributed by atoms with Crippen LogP contribution in [0.5, 0.6) is 0 Å². The van der Waals surface area contributed by atoms with Crippen LogP contribution >= 0.6 is 23.2 Å². The number of amides is 1. The lowest BCUT2D eigenvalue weighted by Crippen LogP contribution is -2.43. The van der Waals surface area contributed by atoms with Gasteiger partial charge in [-0.25, -0.2) is 0 Å². The average molecular weight is 393 g/mol. The molecule has 0 radical (unpaired) electrons. The van der Waals surface area contributed by atoms with Gasteiger partial charge in [0.1, 0.15) is 0 Å². The second kappa shape index (κ2) is 8.69. The van der Waals surface area contributed by atoms with E-state index in [1.54, 1.807) is 6.07 Å². The first-order chi connectivity index (χ1) is 12.5. The number of halogens is 2. The summed E-state index contributed by atoms with van der Waals surface area (Å²) in [6, 6.07) is 11.4. The minimum absolute atomic E-state index is 0.0409. The van der Waals surface area contributed by atoms with Crippen LogP contribution in [0.25, 0.3) is 0 Å². The minimum Gasteiger partial charge on any atom is -0.355 e. The van der Waals surface area contributed by atoms with Crippen LogP contribution in [0.4, 0.5) is 5.82 Å². The van der Waals surface area contributed by atoms with E-state index >= 15 is 0 Å². The molecule has 5 nitrogen and oxygen atoms in total. The van der Waals surface area contributed by atoms with Gasteiger partial charge < -0.3 is 10.2 Å². The zero-order chi connectivity index (χ0) is 18.5. The van der Waals surface area contributed by atoms with Gasteiger partial charge >= 0.3 is 0 Å². The maximum absolute atomic E-state index is 12.5. The van der Waals surface area contributed by atoms with Crippen LogP contribution in [-0.4, -0.2) is 35.2 Å². The van der Waals surface area contributed by atoms with Crippen LogP contribution in [0.15, 0.2) is 36.4 Å². The Hall–Kier alpha value is -1.85. The highest BCUT2D eigenvalue weighted by atomic mass is 35.5. The molecule has 0 saturated carbocycles. The smallest absolute Gasteiger partial charge is 0.223 e. The molecule has 1 saturated heterocycles. The molecule has 0 bridgehead atoms. The predicted molar refractivity (Wildman–Crippen MR) is 105 cm³/mol. The number of nitrogens with zero attached hydrogens (tertiary/aromatic N) is 3. The number of hydrogen-bond donors (Lipinski definition) is 1. The van der Waals surface area contributed by atoms with Crippen molar-refractivity contribution in [3.63, 3.8) is 0 Å². The molecule has 1 N–H and O–H groups in total. The summed E-state index contributed by atoms with van der Waals surface area (Å²) in [5.41, 5.74) is 1.17. The molecular weight excluding hydrogens is 371 g/mol. The van der Waals surface area contributed by atoms with Gasteiger partial charge in [-0.05, 0) is 56.0 Å². The maximum atomic E-state index is 12.5. The molecule has 1 aromatic carbocycles. The molecule has 1 aliphatic rings. The van der Waals surface area contributed by atoms with Crippen molar-refractivity contribution in [3.8, 4) is 0 Å². The minimum atomic E-state index is 0.0409. The summed E-state index contributed by atoms with van der Waals surface area (Å²) in [6.07, 6.45) is 2.41. The average Bonchev–Trinajstić information content (AvgIpc) is 2.64. The SMILES string of the molecule is C[C@@H](Cc1ccc(Cl)cc1)NC(=O)C1CCN(c2ccc(Cl)nn2)CC1. The van der Waals surface area contributed by atoms with Gasteiger partial charge in [-0.1, -0.05) is 35.3 Å². The van der Waals surface area contributed by atoms with Crippen molar-refractivity contribution in [1.82, 2.24) is 15.5 Å². The van der Waals surface area contributed by atoms with E-state index < -0.39 is 0 Å². The molecule has 26 heavy (non-hydrogen) atoms. The third-order valence-corrected chi connectivity index (χ3v) is 5.11. The summed E-state index contributed by atoms with van der Waals surface area (Å²) in [7, 11) is 0. The Kier molecular flexibility index (Phi) is 6.33. The molecule has 7 heteroatoms. The largest absolute Gasteiger partial charge is 0.355 e. The van der Waals surface area contributed by atoms with E-state index in [2.05, 4.69) is 20.4 Å². The first kappa shape index (κ1) is 18.9. The highest BCUT2D eigenvalue weighted by molar-refractivity contribution is 6.30. The number of hydrogen-bond acceptors (Lipinski definition) is 4. The number of piperidine rings is 1. The lowest BCUT2D eigenvalue weighted by molar-refractivity contribution is -0.126. The fourth-order valence-electron chi connectivity index (χ4n) is 3.23. The fraction of sp³-hybridized carbons (Fsp3) is 0.421. The number of benzene rings is 1. The zero-order valence-corrected chi connectivity index (χ0v) is 16.2. The molecule has 1 aromatic heterocycles. The Morgan fingerprint density at radius 2 is 1.85 bits per heavy atom. The van der Waals surface area contributed by atoms with Gasteiger partial charge in [0.25, 0.3) is 0 Å². The Morgan fingerprint density at radius 3 is 2.46 bits per heavy atom. The molecule has 2 heterocycles. The molecule has 0 aliphatic carbocycles. The number of carbonyl (C=O) groups excluding carboxylic acids is 1. The van der Waals surface area contributed by atoms with E-state index in [9.17, 15) is 4.79 Å². The molecule has 0 spiro atoms. The van der Waals surface area contributed by atoms with Gasteiger partial charge in [-0.2, -0.15) is 0 Å². The van der Waals surface area contributed by atoms with Crippen molar-refractivity contribution in [2.75, 3.05) is 18.0 Å². The van der Waals surface area contributed by atoms with Crippen molar-refractivity contribution >= 4 is 34.9 Å². The van der Waals surface area contributed by atoms with Gasteiger partial charge in [0, 0.05) is 30.1 Å². The van der Waals surface area contributed by atoms with Crippen LogP contribution in [0.1, 0.15) is 25.3 Å². The summed E-state index contributed by atoms with van der Waals surface area (Å²) in [5, 5.41) is 12.2. The first-order valence-electron chi connectivity index (χ1n) is 8.80. The second-order valence-corrected chi connectivity index (χ2v) is 7.54. The molecule has 3 rings (SSSR count). The highest BCUT2D eigenvalue weighted by Crippen LogP contribution is 2.22. The van der Waals surface area contributed by atoms with Crippen molar-refractivity contribution < 1.29 is 4.79 Å². The Labute approximate surface area is 163 Å². The molecule has 1 amide bonds. The molecule has 1 aliphatic heterocycles. The topological polar surface area (TPSA) is 58.1 Å². The van der Waals surface area contributed by atoms with E-state index in [1.165, 1.54) is 5.56 Å². The number of rotatable bonds is 5. The summed E-state index contributed by atoms with van der Waals surface area (Å²) in [5.74, 6) is 0.983. The van der Waals surface area contributed by atoms with Gasteiger partial charge in [0.2, 0.25) is 5.91 Å². The molecule has 0 unspecified atom stereocenters. The molecular formula is C19H22Cl2N4O. The third-order valence-electron chi connectivity index (χ3n) is 4.65. The van der Waals surface area contributed by atoms with Gasteiger partial charge in [-0.15, -0.1) is 10.2 Å². The monoisotopic (exact) mass is 392 g/mol. The number of aromatic nitrogens is 2. The quantitative estimate of drug-likeness (QED) is 0.841. The van der Waals surface area contributed by atoms with Crippen molar-refractivity contribution in [2.45, 2.75) is 32.2 Å². The Balaban J connectivity index is 1.47. The van der Waals surface area contributed by atoms with E-state index in [0.717, 1.165) is 43.2 Å². The number of anilines is 1. The summed E-state index contributed by atoms with van der Waals surface area (Å²) >= 11 is 11.7. The number of nitrogens with one attached hydrogen (secondary N) is 1. The van der Waals surface area contributed by atoms with Crippen LogP contribution in [-0.2, 0) is 11.2 Å². The lowest BCUT2D eigenvalue weighted by Gasteiger charge is -2.32. The predicted octanol–water partition coefficient (Wildman–Crippen LogP) is 3.75. The van der Waals surface area contributed by atoms with Gasteiger partial charge in [0.05, 0.1) is 0 Å². The third kappa shape index (κ3) is 5.08. The van der Waals surface area contributed by atoms with Crippen LogP contribution in [0.2, 0.25) is 10.2 Å². The summed E-state index contributed by atoms with van der Waals surface area (Å²) in [6.45, 7) is 3.62. The zero-order valence-electron chi connectivity index (χ0n) is 14.7. The van der Waals surface area contributed by atoms with Crippen LogP contribution < -0.4 is 10.2 Å². The fourth-order valence-corrected chi connectivity index (χ4v) is 3.46. The van der Waals surface area contributed by atoms with Crippen LogP contribution in [0.3, 0.4) is 0 Å². The maximum Gasteiger partial charge on any atom is 0.223 e. The number of carbonyl (C=O) groups is 1. The Morgan fingerprint density at radius 1 is 1.15 bits per heavy atom. The van der Waals surface area contributed by atoms with Crippen molar-refractivity contribution in [3.05, 3.63) is 52.1 Å².